The average molecular weight is 237 g/mol. The van der Waals surface area contributed by atoms with Crippen LogP contribution in [0.3, 0.4) is 0 Å². The molecular formula is C13H19NO3. The highest BCUT2D eigenvalue weighted by Crippen LogP contribution is 2.12. The third-order valence-corrected chi connectivity index (χ3v) is 2.46. The maximum atomic E-state index is 10.8. The molecule has 0 aliphatic carbocycles. The van der Waals surface area contributed by atoms with Crippen LogP contribution in [0, 0.1) is 0 Å². The number of primary amides is 1. The molecule has 0 bridgehead atoms. The SMILES string of the molecule is NC(=O)c1ccc(OCCCCCCO)cc1. The van der Waals surface area contributed by atoms with Crippen LogP contribution in [0.25, 0.3) is 0 Å². The molecule has 0 aromatic heterocycles. The van der Waals surface area contributed by atoms with E-state index >= 15 is 0 Å². The Morgan fingerprint density at radius 1 is 1.12 bits per heavy atom. The number of ether oxygens (including phenoxy) is 1. The highest BCUT2D eigenvalue weighted by atomic mass is 16.5. The lowest BCUT2D eigenvalue weighted by Crippen LogP contribution is -2.10. The van der Waals surface area contributed by atoms with Crippen molar-refractivity contribution in [3.8, 4) is 5.75 Å². The minimum atomic E-state index is -0.430. The molecule has 4 heteroatoms. The van der Waals surface area contributed by atoms with E-state index in [0.29, 0.717) is 12.2 Å². The number of nitrogens with two attached hydrogens (primary N) is 1. The number of hydrogen-bond acceptors (Lipinski definition) is 3. The minimum Gasteiger partial charge on any atom is -0.494 e. The predicted molar refractivity (Wildman–Crippen MR) is 66.0 cm³/mol. The van der Waals surface area contributed by atoms with Gasteiger partial charge in [0.1, 0.15) is 5.75 Å². The fourth-order valence-corrected chi connectivity index (χ4v) is 1.47. The number of amides is 1. The molecular weight excluding hydrogens is 218 g/mol. The zero-order valence-corrected chi connectivity index (χ0v) is 9.89. The smallest absolute Gasteiger partial charge is 0.248 e. The number of aliphatic hydroxyl groups excluding tert-OH is 1. The van der Waals surface area contributed by atoms with E-state index in [1.165, 1.54) is 0 Å². The van der Waals surface area contributed by atoms with Crippen molar-refractivity contribution in [2.75, 3.05) is 13.2 Å². The molecule has 94 valence electrons. The Balaban J connectivity index is 2.21. The second-order valence-electron chi connectivity index (χ2n) is 3.87. The fraction of sp³-hybridized carbons (Fsp3) is 0.462. The van der Waals surface area contributed by atoms with Gasteiger partial charge in [0.15, 0.2) is 0 Å². The monoisotopic (exact) mass is 237 g/mol. The van der Waals surface area contributed by atoms with Gasteiger partial charge >= 0.3 is 0 Å². The van der Waals surface area contributed by atoms with Gasteiger partial charge in [-0.1, -0.05) is 6.42 Å². The lowest BCUT2D eigenvalue weighted by molar-refractivity contribution is 0.100. The highest BCUT2D eigenvalue weighted by Gasteiger charge is 1.99. The lowest BCUT2D eigenvalue weighted by Gasteiger charge is -2.06. The number of benzene rings is 1. The van der Waals surface area contributed by atoms with Gasteiger partial charge in [-0.05, 0) is 43.5 Å². The lowest BCUT2D eigenvalue weighted by atomic mass is 10.2. The topological polar surface area (TPSA) is 72.6 Å². The first-order valence-corrected chi connectivity index (χ1v) is 5.87. The molecule has 0 saturated heterocycles. The van der Waals surface area contributed by atoms with Crippen LogP contribution < -0.4 is 10.5 Å². The van der Waals surface area contributed by atoms with Crippen LogP contribution in [-0.2, 0) is 0 Å². The molecule has 0 radical (unpaired) electrons. The van der Waals surface area contributed by atoms with Gasteiger partial charge < -0.3 is 15.6 Å². The summed E-state index contributed by atoms with van der Waals surface area (Å²) in [5, 5.41) is 8.60. The molecule has 0 atom stereocenters. The van der Waals surface area contributed by atoms with Gasteiger partial charge in [-0.25, -0.2) is 0 Å². The maximum absolute atomic E-state index is 10.8. The summed E-state index contributed by atoms with van der Waals surface area (Å²) in [6, 6.07) is 6.80. The summed E-state index contributed by atoms with van der Waals surface area (Å²) < 4.78 is 5.51. The van der Waals surface area contributed by atoms with Crippen molar-refractivity contribution in [2.24, 2.45) is 5.73 Å². The Labute approximate surface area is 101 Å². The van der Waals surface area contributed by atoms with Gasteiger partial charge in [0.2, 0.25) is 5.91 Å². The first-order chi connectivity index (χ1) is 8.24. The van der Waals surface area contributed by atoms with Gasteiger partial charge in [-0.15, -0.1) is 0 Å². The molecule has 3 N–H and O–H groups in total. The molecule has 0 aliphatic rings. The third-order valence-electron chi connectivity index (χ3n) is 2.46. The van der Waals surface area contributed by atoms with E-state index in [2.05, 4.69) is 0 Å². The summed E-state index contributed by atoms with van der Waals surface area (Å²) in [4.78, 5) is 10.8. The number of unbranched alkanes of at least 4 members (excludes halogenated alkanes) is 3. The van der Waals surface area contributed by atoms with Crippen molar-refractivity contribution < 1.29 is 14.6 Å². The number of hydrogen-bond donors (Lipinski definition) is 2. The summed E-state index contributed by atoms with van der Waals surface area (Å²) >= 11 is 0. The van der Waals surface area contributed by atoms with Crippen LogP contribution in [0.1, 0.15) is 36.0 Å². The van der Waals surface area contributed by atoms with Crippen molar-refractivity contribution in [1.82, 2.24) is 0 Å². The van der Waals surface area contributed by atoms with Gasteiger partial charge in [-0.2, -0.15) is 0 Å². The zero-order chi connectivity index (χ0) is 12.5. The van der Waals surface area contributed by atoms with Gasteiger partial charge in [-0.3, -0.25) is 4.79 Å². The van der Waals surface area contributed by atoms with E-state index in [9.17, 15) is 4.79 Å². The van der Waals surface area contributed by atoms with E-state index in [4.69, 9.17) is 15.6 Å². The normalized spacial score (nSPS) is 10.2. The predicted octanol–water partition coefficient (Wildman–Crippen LogP) is 1.72. The van der Waals surface area contributed by atoms with Gasteiger partial charge in [0.25, 0.3) is 0 Å². The van der Waals surface area contributed by atoms with E-state index in [1.807, 2.05) is 0 Å². The zero-order valence-electron chi connectivity index (χ0n) is 9.89. The van der Waals surface area contributed by atoms with E-state index in [-0.39, 0.29) is 6.61 Å². The summed E-state index contributed by atoms with van der Waals surface area (Å²) in [5.41, 5.74) is 5.62. The largest absolute Gasteiger partial charge is 0.494 e. The van der Waals surface area contributed by atoms with Crippen LogP contribution in [0.5, 0.6) is 5.75 Å². The summed E-state index contributed by atoms with van der Waals surface area (Å²) in [7, 11) is 0. The third kappa shape index (κ3) is 5.36. The standard InChI is InChI=1S/C13H19NO3/c14-13(16)11-5-7-12(8-6-11)17-10-4-2-1-3-9-15/h5-8,15H,1-4,9-10H2,(H2,14,16). The molecule has 1 aromatic carbocycles. The molecule has 1 amide bonds. The molecule has 1 aromatic rings. The molecule has 0 fully saturated rings. The number of aliphatic hydroxyl groups is 1. The van der Waals surface area contributed by atoms with Crippen LogP contribution in [0.4, 0.5) is 0 Å². The number of carbonyl (C=O) groups is 1. The summed E-state index contributed by atoms with van der Waals surface area (Å²) in [6.07, 6.45) is 3.91. The van der Waals surface area contributed by atoms with Crippen molar-refractivity contribution in [3.63, 3.8) is 0 Å². The molecule has 4 nitrogen and oxygen atoms in total. The second-order valence-corrected chi connectivity index (χ2v) is 3.87. The molecule has 0 unspecified atom stereocenters. The van der Waals surface area contributed by atoms with Crippen molar-refractivity contribution in [3.05, 3.63) is 29.8 Å². The molecule has 0 spiro atoms. The Kier molecular flexibility index (Phi) is 6.10. The summed E-state index contributed by atoms with van der Waals surface area (Å²) in [6.45, 7) is 0.913. The second kappa shape index (κ2) is 7.68. The summed E-state index contributed by atoms with van der Waals surface area (Å²) in [5.74, 6) is 0.317. The van der Waals surface area contributed by atoms with Crippen molar-refractivity contribution in [1.29, 1.82) is 0 Å². The van der Waals surface area contributed by atoms with Crippen LogP contribution in [0.2, 0.25) is 0 Å². The van der Waals surface area contributed by atoms with Crippen molar-refractivity contribution >= 4 is 5.91 Å². The van der Waals surface area contributed by atoms with E-state index in [0.717, 1.165) is 31.4 Å². The van der Waals surface area contributed by atoms with Crippen molar-refractivity contribution in [2.45, 2.75) is 25.7 Å². The molecule has 0 heterocycles. The quantitative estimate of drug-likeness (QED) is 0.676. The van der Waals surface area contributed by atoms with E-state index < -0.39 is 5.91 Å². The van der Waals surface area contributed by atoms with Crippen LogP contribution in [-0.4, -0.2) is 24.2 Å². The minimum absolute atomic E-state index is 0.259. The number of carbonyl (C=O) groups excluding carboxylic acids is 1. The van der Waals surface area contributed by atoms with Crippen LogP contribution in [0.15, 0.2) is 24.3 Å². The fourth-order valence-electron chi connectivity index (χ4n) is 1.47. The maximum Gasteiger partial charge on any atom is 0.248 e. The first kappa shape index (κ1) is 13.5. The van der Waals surface area contributed by atoms with Gasteiger partial charge in [0, 0.05) is 12.2 Å². The Morgan fingerprint density at radius 2 is 1.76 bits per heavy atom. The first-order valence-electron chi connectivity index (χ1n) is 5.87. The van der Waals surface area contributed by atoms with E-state index in [1.54, 1.807) is 24.3 Å². The Morgan fingerprint density at radius 3 is 2.35 bits per heavy atom. The molecule has 17 heavy (non-hydrogen) atoms. The van der Waals surface area contributed by atoms with Crippen LogP contribution >= 0.6 is 0 Å². The highest BCUT2D eigenvalue weighted by molar-refractivity contribution is 5.92. The number of rotatable bonds is 8. The average Bonchev–Trinajstić information content (AvgIpc) is 2.34. The molecule has 0 saturated carbocycles. The molecule has 1 rings (SSSR count). The Hall–Kier alpha value is -1.55. The Bertz CT molecular complexity index is 335. The van der Waals surface area contributed by atoms with Gasteiger partial charge in [0.05, 0.1) is 6.61 Å². The molecule has 0 aliphatic heterocycles.